The van der Waals surface area contributed by atoms with Crippen molar-refractivity contribution in [3.05, 3.63) is 63.0 Å². The zero-order valence-electron chi connectivity index (χ0n) is 17.8. The summed E-state index contributed by atoms with van der Waals surface area (Å²) in [5.41, 5.74) is 2.78. The smallest absolute Gasteiger partial charge is 0.287 e. The fraction of sp³-hybridized carbons (Fsp3) is 0.455. The molecule has 1 aromatic heterocycles. The highest BCUT2D eigenvalue weighted by Crippen LogP contribution is 2.33. The van der Waals surface area contributed by atoms with Crippen molar-refractivity contribution < 1.29 is 14.4 Å². The van der Waals surface area contributed by atoms with E-state index in [4.69, 9.17) is 0 Å². The zero-order valence-corrected chi connectivity index (χ0v) is 17.8. The van der Waals surface area contributed by atoms with Crippen molar-refractivity contribution >= 4 is 23.1 Å². The lowest BCUT2D eigenvalue weighted by Gasteiger charge is -2.24. The van der Waals surface area contributed by atoms with E-state index in [0.717, 1.165) is 35.5 Å². The molecule has 1 amide bonds. The molecule has 8 nitrogen and oxygen atoms in total. The number of hydrogen-bond donors (Lipinski definition) is 1. The summed E-state index contributed by atoms with van der Waals surface area (Å²) in [6.07, 6.45) is 2.42. The van der Waals surface area contributed by atoms with E-state index in [-0.39, 0.29) is 29.2 Å². The van der Waals surface area contributed by atoms with E-state index in [0.29, 0.717) is 17.7 Å². The van der Waals surface area contributed by atoms with Crippen molar-refractivity contribution in [1.82, 2.24) is 0 Å². The van der Waals surface area contributed by atoms with Gasteiger partial charge in [-0.25, -0.2) is 9.63 Å². The molecule has 1 N–H and O–H groups in total. The molecule has 160 valence electrons. The Morgan fingerprint density at radius 3 is 2.40 bits per heavy atom. The highest BCUT2D eigenvalue weighted by atomic mass is 16.6. The van der Waals surface area contributed by atoms with Crippen molar-refractivity contribution in [2.45, 2.75) is 58.4 Å². The largest absolute Gasteiger partial charge is 0.711 e. The number of carbonyl (C=O) groups is 1. The number of amides is 1. The van der Waals surface area contributed by atoms with Crippen LogP contribution in [-0.2, 0) is 4.79 Å². The Hall–Kier alpha value is -3.16. The summed E-state index contributed by atoms with van der Waals surface area (Å²) >= 11 is 0. The van der Waals surface area contributed by atoms with E-state index in [2.05, 4.69) is 33.0 Å². The first kappa shape index (κ1) is 21.5. The number of hydrogen-bond acceptors (Lipinski definition) is 5. The van der Waals surface area contributed by atoms with Gasteiger partial charge in [0, 0.05) is 12.1 Å². The number of carbonyl (C=O) groups excluding carboxylic acids is 1. The zero-order chi connectivity index (χ0) is 22.0. The Morgan fingerprint density at radius 2 is 1.83 bits per heavy atom. The maximum Gasteiger partial charge on any atom is 0.287 e. The van der Waals surface area contributed by atoms with Crippen LogP contribution in [0.25, 0.3) is 0 Å². The molecule has 1 aliphatic heterocycles. The molecule has 0 unspecified atom stereocenters. The highest BCUT2D eigenvalue weighted by Gasteiger charge is 2.39. The number of rotatable bonds is 6. The number of benzene rings is 1. The molecule has 0 aliphatic carbocycles. The summed E-state index contributed by atoms with van der Waals surface area (Å²) in [7, 11) is 0. The molecule has 1 aromatic carbocycles. The Bertz CT molecular complexity index is 932. The number of para-hydroxylation sites is 1. The van der Waals surface area contributed by atoms with Crippen LogP contribution < -0.4 is 14.9 Å². The number of pyridine rings is 1. The lowest BCUT2D eigenvalue weighted by atomic mass is 9.92. The predicted octanol–water partition coefficient (Wildman–Crippen LogP) is 4.08. The van der Waals surface area contributed by atoms with Crippen LogP contribution in [0.1, 0.15) is 63.5 Å². The molecule has 3 rings (SSSR count). The van der Waals surface area contributed by atoms with E-state index in [1.54, 1.807) is 4.90 Å². The Balaban J connectivity index is 1.93. The van der Waals surface area contributed by atoms with Crippen LogP contribution >= 0.6 is 0 Å². The first-order valence-electron chi connectivity index (χ1n) is 10.3. The molecule has 30 heavy (non-hydrogen) atoms. The van der Waals surface area contributed by atoms with Crippen LogP contribution in [0.5, 0.6) is 0 Å². The lowest BCUT2D eigenvalue weighted by molar-refractivity contribution is -0.593. The van der Waals surface area contributed by atoms with Crippen molar-refractivity contribution in [2.75, 3.05) is 16.8 Å². The summed E-state index contributed by atoms with van der Waals surface area (Å²) in [6, 6.07) is 7.88. The van der Waals surface area contributed by atoms with E-state index >= 15 is 0 Å². The van der Waals surface area contributed by atoms with Gasteiger partial charge in [-0.1, -0.05) is 45.9 Å². The normalized spacial score (nSPS) is 16.3. The van der Waals surface area contributed by atoms with E-state index in [9.17, 15) is 20.1 Å². The molecule has 1 saturated heterocycles. The number of nitrogens with one attached hydrogen (secondary N) is 1. The quantitative estimate of drug-likeness (QED) is 0.333. The van der Waals surface area contributed by atoms with Gasteiger partial charge in [-0.3, -0.25) is 14.9 Å². The maximum atomic E-state index is 13.3. The monoisotopic (exact) mass is 412 g/mol. The Kier molecular flexibility index (Phi) is 6.24. The third-order valence-corrected chi connectivity index (χ3v) is 5.57. The highest BCUT2D eigenvalue weighted by molar-refractivity contribution is 5.98. The fourth-order valence-corrected chi connectivity index (χ4v) is 4.00. The molecule has 2 aromatic rings. The standard InChI is InChI=1S/C22H28N4O4/c1-14(2)17-7-5-8-18(15(3)4)21(17)23-22(27)19-9-6-11-24(19)20-13-16(26(29)30)10-12-25(20)28/h5,7-8,10,12-15,19H,6,9,11H2,1-4H3,(H,23,27)/t19-/m0/s1. The second kappa shape index (κ2) is 8.69. The summed E-state index contributed by atoms with van der Waals surface area (Å²) in [5.74, 6) is 0.399. The Morgan fingerprint density at radius 1 is 1.20 bits per heavy atom. The molecule has 1 fully saturated rings. The van der Waals surface area contributed by atoms with Crippen molar-refractivity contribution in [2.24, 2.45) is 0 Å². The van der Waals surface area contributed by atoms with Gasteiger partial charge in [-0.05, 0) is 29.4 Å². The SMILES string of the molecule is CC(C)c1cccc(C(C)C)c1NC(=O)[C@@H]1CCCN1c1cc([N+](=O)[O-])cc[n+]1[O-]. The molecule has 0 saturated carbocycles. The average molecular weight is 412 g/mol. The summed E-state index contributed by atoms with van der Waals surface area (Å²) in [4.78, 5) is 25.5. The summed E-state index contributed by atoms with van der Waals surface area (Å²) in [5, 5.41) is 26.6. The van der Waals surface area contributed by atoms with Crippen molar-refractivity contribution in [3.63, 3.8) is 0 Å². The van der Waals surface area contributed by atoms with Crippen molar-refractivity contribution in [1.29, 1.82) is 0 Å². The van der Waals surface area contributed by atoms with Gasteiger partial charge in [0.25, 0.3) is 17.4 Å². The van der Waals surface area contributed by atoms with Gasteiger partial charge in [0.15, 0.2) is 6.04 Å². The van der Waals surface area contributed by atoms with Crippen LogP contribution in [0.15, 0.2) is 36.5 Å². The summed E-state index contributed by atoms with van der Waals surface area (Å²) in [6.45, 7) is 8.83. The van der Waals surface area contributed by atoms with E-state index < -0.39 is 11.0 Å². The minimum absolute atomic E-state index is 0.128. The molecule has 0 spiro atoms. The minimum Gasteiger partial charge on any atom is -0.711 e. The van der Waals surface area contributed by atoms with Crippen LogP contribution in [0, 0.1) is 15.3 Å². The number of anilines is 2. The number of aromatic nitrogens is 1. The second-order valence-corrected chi connectivity index (χ2v) is 8.29. The first-order valence-corrected chi connectivity index (χ1v) is 10.3. The average Bonchev–Trinajstić information content (AvgIpc) is 3.17. The van der Waals surface area contributed by atoms with Gasteiger partial charge in [-0.2, -0.15) is 0 Å². The number of nitro groups is 1. The third kappa shape index (κ3) is 4.22. The van der Waals surface area contributed by atoms with Crippen LogP contribution in [0.3, 0.4) is 0 Å². The molecular weight excluding hydrogens is 384 g/mol. The molecule has 8 heteroatoms. The molecule has 0 radical (unpaired) electrons. The minimum atomic E-state index is -0.563. The van der Waals surface area contributed by atoms with Crippen LogP contribution in [-0.4, -0.2) is 23.4 Å². The predicted molar refractivity (Wildman–Crippen MR) is 116 cm³/mol. The van der Waals surface area contributed by atoms with Crippen LogP contribution in [0.4, 0.5) is 17.2 Å². The molecule has 1 atom stereocenters. The van der Waals surface area contributed by atoms with Gasteiger partial charge >= 0.3 is 0 Å². The molecular formula is C22H28N4O4. The van der Waals surface area contributed by atoms with Crippen LogP contribution in [0.2, 0.25) is 0 Å². The van der Waals surface area contributed by atoms with Gasteiger partial charge in [0.1, 0.15) is 12.3 Å². The fourth-order valence-electron chi connectivity index (χ4n) is 4.00. The van der Waals surface area contributed by atoms with Gasteiger partial charge in [0.2, 0.25) is 0 Å². The van der Waals surface area contributed by atoms with Gasteiger partial charge in [0.05, 0.1) is 17.5 Å². The Labute approximate surface area is 176 Å². The maximum absolute atomic E-state index is 13.3. The van der Waals surface area contributed by atoms with E-state index in [1.165, 1.54) is 6.07 Å². The topological polar surface area (TPSA) is 102 Å². The molecule has 2 heterocycles. The first-order chi connectivity index (χ1) is 14.2. The number of nitrogens with zero attached hydrogens (tertiary/aromatic N) is 3. The summed E-state index contributed by atoms with van der Waals surface area (Å²) < 4.78 is 0.584. The van der Waals surface area contributed by atoms with Crippen molar-refractivity contribution in [3.8, 4) is 0 Å². The third-order valence-electron chi connectivity index (χ3n) is 5.57. The van der Waals surface area contributed by atoms with Gasteiger partial charge < -0.3 is 10.5 Å². The molecule has 1 aliphatic rings. The van der Waals surface area contributed by atoms with Gasteiger partial charge in [-0.15, -0.1) is 0 Å². The molecule has 0 bridgehead atoms. The van der Waals surface area contributed by atoms with E-state index in [1.807, 2.05) is 18.2 Å². The second-order valence-electron chi connectivity index (χ2n) is 8.29. The lowest BCUT2D eigenvalue weighted by Crippen LogP contribution is -2.45.